The molecule has 94 valence electrons. The van der Waals surface area contributed by atoms with Gasteiger partial charge in [0.1, 0.15) is 5.82 Å². The molecule has 0 radical (unpaired) electrons. The van der Waals surface area contributed by atoms with Crippen molar-refractivity contribution in [2.24, 2.45) is 0 Å². The van der Waals surface area contributed by atoms with Gasteiger partial charge in [0.2, 0.25) is 0 Å². The van der Waals surface area contributed by atoms with Crippen molar-refractivity contribution in [2.75, 3.05) is 0 Å². The van der Waals surface area contributed by atoms with Crippen LogP contribution in [-0.2, 0) is 6.42 Å². The Morgan fingerprint density at radius 2 is 1.78 bits per heavy atom. The molecule has 1 nitrogen and oxygen atoms in total. The van der Waals surface area contributed by atoms with E-state index in [0.717, 1.165) is 23.1 Å². The van der Waals surface area contributed by atoms with Gasteiger partial charge in [-0.1, -0.05) is 37.3 Å². The Bertz CT molecular complexity index is 529. The molecule has 1 atom stereocenters. The summed E-state index contributed by atoms with van der Waals surface area (Å²) in [4.78, 5) is 0. The summed E-state index contributed by atoms with van der Waals surface area (Å²) in [5, 5.41) is 9.87. The zero-order valence-corrected chi connectivity index (χ0v) is 10.7. The Balaban J connectivity index is 2.63. The van der Waals surface area contributed by atoms with E-state index in [1.807, 2.05) is 18.2 Å². The van der Waals surface area contributed by atoms with Gasteiger partial charge in [0.15, 0.2) is 0 Å². The van der Waals surface area contributed by atoms with Crippen LogP contribution < -0.4 is 0 Å². The molecule has 1 N–H and O–H groups in total. The number of hydrogen-bond donors (Lipinski definition) is 1. The van der Waals surface area contributed by atoms with Crippen LogP contribution in [0.3, 0.4) is 0 Å². The summed E-state index contributed by atoms with van der Waals surface area (Å²) in [6, 6.07) is 12.3. The van der Waals surface area contributed by atoms with Gasteiger partial charge in [-0.25, -0.2) is 4.39 Å². The molecule has 0 saturated carbocycles. The van der Waals surface area contributed by atoms with Crippen LogP contribution in [0.25, 0.3) is 11.1 Å². The molecule has 0 aliphatic rings. The molecule has 0 fully saturated rings. The zero-order valence-electron chi connectivity index (χ0n) is 10.7. The van der Waals surface area contributed by atoms with E-state index in [4.69, 9.17) is 0 Å². The Labute approximate surface area is 107 Å². The highest BCUT2D eigenvalue weighted by molar-refractivity contribution is 5.71. The van der Waals surface area contributed by atoms with Crippen LogP contribution in [0.15, 0.2) is 42.5 Å². The number of aryl methyl sites for hydroxylation is 1. The molecule has 0 bridgehead atoms. The van der Waals surface area contributed by atoms with Crippen molar-refractivity contribution in [3.05, 3.63) is 59.4 Å². The first-order valence-electron chi connectivity index (χ1n) is 6.19. The predicted octanol–water partition coefficient (Wildman–Crippen LogP) is 4.11. The highest BCUT2D eigenvalue weighted by Crippen LogP contribution is 2.32. The second-order valence-corrected chi connectivity index (χ2v) is 4.42. The third-order valence-corrected chi connectivity index (χ3v) is 3.15. The van der Waals surface area contributed by atoms with Crippen LogP contribution in [0.5, 0.6) is 0 Å². The fourth-order valence-electron chi connectivity index (χ4n) is 2.23. The lowest BCUT2D eigenvalue weighted by atomic mass is 9.91. The van der Waals surface area contributed by atoms with E-state index in [0.29, 0.717) is 0 Å². The average Bonchev–Trinajstić information content (AvgIpc) is 2.38. The predicted molar refractivity (Wildman–Crippen MR) is 71.8 cm³/mol. The molecule has 2 heteroatoms. The lowest BCUT2D eigenvalue weighted by molar-refractivity contribution is 0.200. The van der Waals surface area contributed by atoms with E-state index in [-0.39, 0.29) is 5.82 Å². The molecular formula is C16H17FO. The summed E-state index contributed by atoms with van der Waals surface area (Å²) in [7, 11) is 0. The van der Waals surface area contributed by atoms with E-state index in [1.54, 1.807) is 19.1 Å². The van der Waals surface area contributed by atoms with Crippen molar-refractivity contribution in [3.63, 3.8) is 0 Å². The normalized spacial score (nSPS) is 12.4. The second kappa shape index (κ2) is 5.32. The maximum absolute atomic E-state index is 13.0. The van der Waals surface area contributed by atoms with Crippen LogP contribution in [0.1, 0.15) is 31.1 Å². The van der Waals surface area contributed by atoms with E-state index in [2.05, 4.69) is 6.92 Å². The third-order valence-electron chi connectivity index (χ3n) is 3.15. The van der Waals surface area contributed by atoms with Crippen molar-refractivity contribution >= 4 is 0 Å². The van der Waals surface area contributed by atoms with Crippen LogP contribution in [0, 0.1) is 5.82 Å². The SMILES string of the molecule is CCc1cccc(C(C)O)c1-c1ccc(F)cc1. The molecule has 18 heavy (non-hydrogen) atoms. The van der Waals surface area contributed by atoms with Gasteiger partial charge in [0, 0.05) is 0 Å². The fourth-order valence-corrected chi connectivity index (χ4v) is 2.23. The van der Waals surface area contributed by atoms with E-state index >= 15 is 0 Å². The van der Waals surface area contributed by atoms with E-state index in [1.165, 1.54) is 17.7 Å². The van der Waals surface area contributed by atoms with Crippen molar-refractivity contribution in [1.29, 1.82) is 0 Å². The monoisotopic (exact) mass is 244 g/mol. The van der Waals surface area contributed by atoms with Crippen molar-refractivity contribution in [2.45, 2.75) is 26.4 Å². The topological polar surface area (TPSA) is 20.2 Å². The largest absolute Gasteiger partial charge is 0.389 e. The summed E-state index contributed by atoms with van der Waals surface area (Å²) in [5.41, 5.74) is 4.03. The Hall–Kier alpha value is -1.67. The van der Waals surface area contributed by atoms with Crippen LogP contribution in [0.4, 0.5) is 4.39 Å². The molecule has 0 aliphatic carbocycles. The van der Waals surface area contributed by atoms with Gasteiger partial charge in [-0.3, -0.25) is 0 Å². The minimum absolute atomic E-state index is 0.244. The quantitative estimate of drug-likeness (QED) is 0.861. The average molecular weight is 244 g/mol. The summed E-state index contributed by atoms with van der Waals surface area (Å²) >= 11 is 0. The maximum atomic E-state index is 13.0. The smallest absolute Gasteiger partial charge is 0.123 e. The minimum atomic E-state index is -0.531. The molecule has 1 unspecified atom stereocenters. The highest BCUT2D eigenvalue weighted by Gasteiger charge is 2.13. The molecular weight excluding hydrogens is 227 g/mol. The van der Waals surface area contributed by atoms with Gasteiger partial charge < -0.3 is 5.11 Å². The van der Waals surface area contributed by atoms with E-state index < -0.39 is 6.10 Å². The van der Waals surface area contributed by atoms with Crippen LogP contribution in [0.2, 0.25) is 0 Å². The van der Waals surface area contributed by atoms with Gasteiger partial charge in [-0.05, 0) is 47.7 Å². The van der Waals surface area contributed by atoms with Crippen LogP contribution >= 0.6 is 0 Å². The molecule has 0 spiro atoms. The Morgan fingerprint density at radius 3 is 2.33 bits per heavy atom. The van der Waals surface area contributed by atoms with Gasteiger partial charge in [-0.15, -0.1) is 0 Å². The minimum Gasteiger partial charge on any atom is -0.389 e. The number of rotatable bonds is 3. The van der Waals surface area contributed by atoms with E-state index in [9.17, 15) is 9.50 Å². The maximum Gasteiger partial charge on any atom is 0.123 e. The first-order chi connectivity index (χ1) is 8.63. The van der Waals surface area contributed by atoms with Crippen molar-refractivity contribution in [3.8, 4) is 11.1 Å². The van der Waals surface area contributed by atoms with Crippen molar-refractivity contribution < 1.29 is 9.50 Å². The van der Waals surface area contributed by atoms with Gasteiger partial charge >= 0.3 is 0 Å². The molecule has 2 aromatic carbocycles. The summed E-state index contributed by atoms with van der Waals surface area (Å²) in [6.07, 6.45) is 0.351. The third kappa shape index (κ3) is 2.44. The number of halogens is 1. The number of hydrogen-bond acceptors (Lipinski definition) is 1. The fraction of sp³-hybridized carbons (Fsp3) is 0.250. The first kappa shape index (κ1) is 12.8. The molecule has 0 amide bonds. The molecule has 2 rings (SSSR count). The highest BCUT2D eigenvalue weighted by atomic mass is 19.1. The number of benzene rings is 2. The standard InChI is InChI=1S/C16H17FO/c1-3-12-5-4-6-15(11(2)18)16(12)13-7-9-14(17)10-8-13/h4-11,18H,3H2,1-2H3. The summed E-state index contributed by atoms with van der Waals surface area (Å²) in [5.74, 6) is -0.244. The van der Waals surface area contributed by atoms with Gasteiger partial charge in [0.25, 0.3) is 0 Å². The summed E-state index contributed by atoms with van der Waals surface area (Å²) in [6.45, 7) is 3.83. The van der Waals surface area contributed by atoms with Gasteiger partial charge in [0.05, 0.1) is 6.10 Å². The molecule has 0 aromatic heterocycles. The Morgan fingerprint density at radius 1 is 1.11 bits per heavy atom. The number of aliphatic hydroxyl groups is 1. The molecule has 0 heterocycles. The Kier molecular flexibility index (Phi) is 3.78. The second-order valence-electron chi connectivity index (χ2n) is 4.42. The van der Waals surface area contributed by atoms with Crippen molar-refractivity contribution in [1.82, 2.24) is 0 Å². The van der Waals surface area contributed by atoms with Crippen LogP contribution in [-0.4, -0.2) is 5.11 Å². The number of aliphatic hydroxyl groups excluding tert-OH is 1. The summed E-state index contributed by atoms with van der Waals surface area (Å²) < 4.78 is 13.0. The molecule has 0 saturated heterocycles. The lowest BCUT2D eigenvalue weighted by Gasteiger charge is -2.16. The zero-order chi connectivity index (χ0) is 13.1. The lowest BCUT2D eigenvalue weighted by Crippen LogP contribution is -1.99. The van der Waals surface area contributed by atoms with Gasteiger partial charge in [-0.2, -0.15) is 0 Å². The first-order valence-corrected chi connectivity index (χ1v) is 6.19. The molecule has 0 aliphatic heterocycles. The molecule has 2 aromatic rings.